The van der Waals surface area contributed by atoms with E-state index in [1.54, 1.807) is 0 Å². The number of carbonyl (C=O) groups is 1. The molecule has 1 aromatic rings. The number of aromatic nitrogens is 1. The Kier molecular flexibility index (Phi) is 5.89. The molecule has 0 amide bonds. The molecule has 1 rings (SSSR count). The van der Waals surface area contributed by atoms with Gasteiger partial charge in [-0.15, -0.1) is 0 Å². The van der Waals surface area contributed by atoms with Gasteiger partial charge in [0.1, 0.15) is 12.0 Å². The van der Waals surface area contributed by atoms with Crippen LogP contribution < -0.4 is 5.32 Å². The molecule has 0 saturated heterocycles. The Bertz CT molecular complexity index is 459. The van der Waals surface area contributed by atoms with Crippen molar-refractivity contribution in [2.75, 3.05) is 11.9 Å². The van der Waals surface area contributed by atoms with Crippen molar-refractivity contribution in [1.82, 2.24) is 4.98 Å². The Balaban J connectivity index is 2.57. The molecule has 1 heterocycles. The van der Waals surface area contributed by atoms with Gasteiger partial charge in [-0.3, -0.25) is 14.9 Å². The number of carboxylic acid groups (broad SMARTS) is 1. The highest BCUT2D eigenvalue weighted by Crippen LogP contribution is 2.17. The van der Waals surface area contributed by atoms with E-state index in [4.69, 9.17) is 5.11 Å². The van der Waals surface area contributed by atoms with Gasteiger partial charge in [0, 0.05) is 19.0 Å². The number of rotatable bonds is 8. The zero-order valence-corrected chi connectivity index (χ0v) is 11.6. The fourth-order valence-corrected chi connectivity index (χ4v) is 2.00. The van der Waals surface area contributed by atoms with Crippen molar-refractivity contribution in [1.29, 1.82) is 0 Å². The molecule has 0 spiro atoms. The van der Waals surface area contributed by atoms with Crippen LogP contribution in [-0.2, 0) is 4.79 Å². The summed E-state index contributed by atoms with van der Waals surface area (Å²) in [4.78, 5) is 24.7. The van der Waals surface area contributed by atoms with Crippen molar-refractivity contribution in [2.45, 2.75) is 26.7 Å². The lowest BCUT2D eigenvalue weighted by Gasteiger charge is -2.18. The molecule has 2 N–H and O–H groups in total. The van der Waals surface area contributed by atoms with Gasteiger partial charge in [-0.2, -0.15) is 0 Å². The van der Waals surface area contributed by atoms with Gasteiger partial charge in [-0.05, 0) is 24.3 Å². The molecular weight excluding hydrogens is 262 g/mol. The van der Waals surface area contributed by atoms with E-state index in [0.717, 1.165) is 6.42 Å². The lowest BCUT2D eigenvalue weighted by molar-refractivity contribution is -0.385. The number of pyridine rings is 1. The Morgan fingerprint density at radius 1 is 1.50 bits per heavy atom. The summed E-state index contributed by atoms with van der Waals surface area (Å²) in [5, 5.41) is 22.4. The summed E-state index contributed by atoms with van der Waals surface area (Å²) < 4.78 is 0. The van der Waals surface area contributed by atoms with E-state index in [-0.39, 0.29) is 18.0 Å². The second kappa shape index (κ2) is 7.42. The number of hydrogen-bond acceptors (Lipinski definition) is 5. The molecule has 7 heteroatoms. The molecule has 1 unspecified atom stereocenters. The van der Waals surface area contributed by atoms with E-state index in [0.29, 0.717) is 18.3 Å². The molecule has 1 aromatic heterocycles. The van der Waals surface area contributed by atoms with Crippen LogP contribution in [0.25, 0.3) is 0 Å². The minimum atomic E-state index is -0.825. The van der Waals surface area contributed by atoms with Crippen molar-refractivity contribution < 1.29 is 14.8 Å². The highest BCUT2D eigenvalue weighted by atomic mass is 16.6. The van der Waals surface area contributed by atoms with Gasteiger partial charge in [0.05, 0.1) is 4.92 Å². The molecule has 1 atom stereocenters. The maximum Gasteiger partial charge on any atom is 0.303 e. The highest BCUT2D eigenvalue weighted by Gasteiger charge is 2.15. The number of carboxylic acids is 1. The van der Waals surface area contributed by atoms with E-state index < -0.39 is 10.9 Å². The van der Waals surface area contributed by atoms with Crippen LogP contribution in [0.3, 0.4) is 0 Å². The third kappa shape index (κ3) is 5.64. The lowest BCUT2D eigenvalue weighted by Crippen LogP contribution is -2.20. The first-order valence-corrected chi connectivity index (χ1v) is 6.44. The SMILES string of the molecule is CC(C)CC(CNc1ccc([N+](=O)[O-])cn1)CC(=O)O. The first-order chi connectivity index (χ1) is 9.38. The second-order valence-electron chi connectivity index (χ2n) is 5.13. The quantitative estimate of drug-likeness (QED) is 0.560. The van der Waals surface area contributed by atoms with E-state index in [1.165, 1.54) is 18.3 Å². The van der Waals surface area contributed by atoms with Crippen LogP contribution in [0.1, 0.15) is 26.7 Å². The van der Waals surface area contributed by atoms with Gasteiger partial charge in [0.2, 0.25) is 0 Å². The Labute approximate surface area is 117 Å². The van der Waals surface area contributed by atoms with Crippen molar-refractivity contribution in [3.8, 4) is 0 Å². The molecule has 0 aromatic carbocycles. The van der Waals surface area contributed by atoms with Crippen LogP contribution in [0, 0.1) is 22.0 Å². The molecule has 0 aliphatic heterocycles. The number of nitrogens with zero attached hydrogens (tertiary/aromatic N) is 2. The molecule has 110 valence electrons. The minimum absolute atomic E-state index is 0.00416. The summed E-state index contributed by atoms with van der Waals surface area (Å²) in [6.45, 7) is 4.56. The molecule has 7 nitrogen and oxygen atoms in total. The highest BCUT2D eigenvalue weighted by molar-refractivity contribution is 5.67. The van der Waals surface area contributed by atoms with Gasteiger partial charge in [0.15, 0.2) is 0 Å². The van der Waals surface area contributed by atoms with Crippen molar-refractivity contribution in [3.05, 3.63) is 28.4 Å². The smallest absolute Gasteiger partial charge is 0.303 e. The molecule has 0 aliphatic rings. The summed E-state index contributed by atoms with van der Waals surface area (Å²) in [7, 11) is 0. The lowest BCUT2D eigenvalue weighted by atomic mass is 9.94. The van der Waals surface area contributed by atoms with Gasteiger partial charge < -0.3 is 10.4 Å². The van der Waals surface area contributed by atoms with Crippen LogP contribution in [0.2, 0.25) is 0 Å². The largest absolute Gasteiger partial charge is 0.481 e. The van der Waals surface area contributed by atoms with Crippen LogP contribution >= 0.6 is 0 Å². The Morgan fingerprint density at radius 3 is 2.65 bits per heavy atom. The van der Waals surface area contributed by atoms with Crippen molar-refractivity contribution in [3.63, 3.8) is 0 Å². The summed E-state index contributed by atoms with van der Waals surface area (Å²) >= 11 is 0. The Hall–Kier alpha value is -2.18. The van der Waals surface area contributed by atoms with Gasteiger partial charge >= 0.3 is 5.97 Å². The predicted molar refractivity (Wildman–Crippen MR) is 74.6 cm³/mol. The number of hydrogen-bond donors (Lipinski definition) is 2. The standard InChI is InChI=1S/C13H19N3O4/c1-9(2)5-10(6-13(17)18)7-14-12-4-3-11(8-15-12)16(19)20/h3-4,8-10H,5-7H2,1-2H3,(H,14,15)(H,17,18). The molecule has 0 fully saturated rings. The molecule has 20 heavy (non-hydrogen) atoms. The van der Waals surface area contributed by atoms with Crippen molar-refractivity contribution in [2.24, 2.45) is 11.8 Å². The second-order valence-corrected chi connectivity index (χ2v) is 5.13. The summed E-state index contributed by atoms with van der Waals surface area (Å²) in [5.41, 5.74) is -0.0696. The molecule has 0 radical (unpaired) electrons. The van der Waals surface area contributed by atoms with Crippen molar-refractivity contribution >= 4 is 17.5 Å². The normalized spacial score (nSPS) is 12.2. The molecule has 0 saturated carbocycles. The zero-order chi connectivity index (χ0) is 15.1. The van der Waals surface area contributed by atoms with E-state index >= 15 is 0 Å². The van der Waals surface area contributed by atoms with E-state index in [1.807, 2.05) is 13.8 Å². The monoisotopic (exact) mass is 281 g/mol. The minimum Gasteiger partial charge on any atom is -0.481 e. The van der Waals surface area contributed by atoms with E-state index in [9.17, 15) is 14.9 Å². The average molecular weight is 281 g/mol. The Morgan fingerprint density at radius 2 is 2.20 bits per heavy atom. The van der Waals surface area contributed by atoms with Crippen LogP contribution in [-0.4, -0.2) is 27.5 Å². The van der Waals surface area contributed by atoms with Crippen LogP contribution in [0.15, 0.2) is 18.3 Å². The maximum absolute atomic E-state index is 10.8. The van der Waals surface area contributed by atoms with Gasteiger partial charge in [0.25, 0.3) is 5.69 Å². The number of nitrogens with one attached hydrogen (secondary N) is 1. The summed E-state index contributed by atoms with van der Waals surface area (Å²) in [6, 6.07) is 2.88. The zero-order valence-electron chi connectivity index (χ0n) is 11.6. The first kappa shape index (κ1) is 15.9. The molecule has 0 bridgehead atoms. The maximum atomic E-state index is 10.8. The number of anilines is 1. The fourth-order valence-electron chi connectivity index (χ4n) is 2.00. The predicted octanol–water partition coefficient (Wildman–Crippen LogP) is 2.54. The molecule has 0 aliphatic carbocycles. The number of nitro groups is 1. The first-order valence-electron chi connectivity index (χ1n) is 6.44. The average Bonchev–Trinajstić information content (AvgIpc) is 2.35. The third-order valence-electron chi connectivity index (χ3n) is 2.80. The third-order valence-corrected chi connectivity index (χ3v) is 2.80. The summed E-state index contributed by atoms with van der Waals surface area (Å²) in [5.74, 6) is 0.0966. The summed E-state index contributed by atoms with van der Waals surface area (Å²) in [6.07, 6.45) is 2.07. The fraction of sp³-hybridized carbons (Fsp3) is 0.538. The topological polar surface area (TPSA) is 105 Å². The van der Waals surface area contributed by atoms with E-state index in [2.05, 4.69) is 10.3 Å². The van der Waals surface area contributed by atoms with Gasteiger partial charge in [-0.1, -0.05) is 13.8 Å². The van der Waals surface area contributed by atoms with Gasteiger partial charge in [-0.25, -0.2) is 4.98 Å². The number of aliphatic carboxylic acids is 1. The van der Waals surface area contributed by atoms with Crippen LogP contribution in [0.4, 0.5) is 11.5 Å². The molecular formula is C13H19N3O4. The van der Waals surface area contributed by atoms with Crippen LogP contribution in [0.5, 0.6) is 0 Å².